The van der Waals surface area contributed by atoms with E-state index in [4.69, 9.17) is 5.73 Å². The summed E-state index contributed by atoms with van der Waals surface area (Å²) in [6.07, 6.45) is 0.629. The molecule has 0 aliphatic rings. The van der Waals surface area contributed by atoms with Gasteiger partial charge in [-0.3, -0.25) is 4.79 Å². The third-order valence-electron chi connectivity index (χ3n) is 2.99. The number of halogens is 2. The van der Waals surface area contributed by atoms with E-state index in [-0.39, 0.29) is 11.7 Å². The SMILES string of the molecule is CC(C)C[C@H](N)C(=O)N(C)Cc1ccc(OC(F)F)cc1. The Balaban J connectivity index is 2.57. The highest BCUT2D eigenvalue weighted by molar-refractivity contribution is 5.81. The number of hydrogen-bond donors (Lipinski definition) is 1. The van der Waals surface area contributed by atoms with Crippen LogP contribution in [0.3, 0.4) is 0 Å². The normalized spacial score (nSPS) is 12.6. The summed E-state index contributed by atoms with van der Waals surface area (Å²) < 4.78 is 28.4. The summed E-state index contributed by atoms with van der Waals surface area (Å²) in [5.74, 6) is 0.318. The highest BCUT2D eigenvalue weighted by Crippen LogP contribution is 2.16. The van der Waals surface area contributed by atoms with Crippen molar-refractivity contribution in [2.24, 2.45) is 11.7 Å². The lowest BCUT2D eigenvalue weighted by Gasteiger charge is -2.22. The number of rotatable bonds is 7. The molecule has 0 saturated heterocycles. The van der Waals surface area contributed by atoms with E-state index in [0.29, 0.717) is 18.9 Å². The molecule has 0 spiro atoms. The maximum Gasteiger partial charge on any atom is 0.387 e. The molecule has 1 aromatic rings. The molecule has 118 valence electrons. The number of nitrogens with two attached hydrogens (primary N) is 1. The van der Waals surface area contributed by atoms with Crippen molar-refractivity contribution in [3.8, 4) is 5.75 Å². The molecular formula is C15H22F2N2O2. The van der Waals surface area contributed by atoms with Crippen LogP contribution in [0.1, 0.15) is 25.8 Å². The van der Waals surface area contributed by atoms with Gasteiger partial charge in [-0.2, -0.15) is 8.78 Å². The molecule has 0 aliphatic heterocycles. The van der Waals surface area contributed by atoms with E-state index < -0.39 is 12.7 Å². The third-order valence-corrected chi connectivity index (χ3v) is 2.99. The van der Waals surface area contributed by atoms with E-state index in [1.54, 1.807) is 19.2 Å². The van der Waals surface area contributed by atoms with Crippen LogP contribution in [0.15, 0.2) is 24.3 Å². The Labute approximate surface area is 123 Å². The Morgan fingerprint density at radius 2 is 1.86 bits per heavy atom. The predicted molar refractivity (Wildman–Crippen MR) is 77.0 cm³/mol. The van der Waals surface area contributed by atoms with Crippen molar-refractivity contribution in [1.29, 1.82) is 0 Å². The molecule has 1 amide bonds. The molecule has 0 bridgehead atoms. The summed E-state index contributed by atoms with van der Waals surface area (Å²) in [6, 6.07) is 5.68. The van der Waals surface area contributed by atoms with Crippen LogP contribution >= 0.6 is 0 Å². The maximum atomic E-state index is 12.1. The summed E-state index contributed by atoms with van der Waals surface area (Å²) in [7, 11) is 1.67. The topological polar surface area (TPSA) is 55.6 Å². The molecule has 0 radical (unpaired) electrons. The van der Waals surface area contributed by atoms with Crippen molar-refractivity contribution in [2.75, 3.05) is 7.05 Å². The Morgan fingerprint density at radius 1 is 1.29 bits per heavy atom. The van der Waals surface area contributed by atoms with Crippen LogP contribution in [-0.4, -0.2) is 30.5 Å². The van der Waals surface area contributed by atoms with Crippen LogP contribution in [0.25, 0.3) is 0 Å². The minimum absolute atomic E-state index is 0.0965. The van der Waals surface area contributed by atoms with Gasteiger partial charge in [-0.15, -0.1) is 0 Å². The molecular weight excluding hydrogens is 278 g/mol. The zero-order valence-corrected chi connectivity index (χ0v) is 12.6. The van der Waals surface area contributed by atoms with E-state index >= 15 is 0 Å². The molecule has 6 heteroatoms. The highest BCUT2D eigenvalue weighted by Gasteiger charge is 2.19. The molecule has 0 fully saturated rings. The molecule has 2 N–H and O–H groups in total. The molecule has 1 atom stereocenters. The standard InChI is InChI=1S/C15H22F2N2O2/c1-10(2)8-13(18)14(20)19(3)9-11-4-6-12(7-5-11)21-15(16)17/h4-7,10,13,15H,8-9,18H2,1-3H3/t13-/m0/s1. The number of alkyl halides is 2. The van der Waals surface area contributed by atoms with Crippen molar-refractivity contribution in [3.05, 3.63) is 29.8 Å². The monoisotopic (exact) mass is 300 g/mol. The second-order valence-corrected chi connectivity index (χ2v) is 5.45. The van der Waals surface area contributed by atoms with Crippen LogP contribution in [0.4, 0.5) is 8.78 Å². The van der Waals surface area contributed by atoms with Gasteiger partial charge in [0.25, 0.3) is 0 Å². The predicted octanol–water partition coefficient (Wildman–Crippen LogP) is 2.62. The fourth-order valence-electron chi connectivity index (χ4n) is 2.02. The van der Waals surface area contributed by atoms with E-state index in [1.165, 1.54) is 17.0 Å². The summed E-state index contributed by atoms with van der Waals surface area (Å²) >= 11 is 0. The largest absolute Gasteiger partial charge is 0.435 e. The number of amides is 1. The molecule has 0 unspecified atom stereocenters. The van der Waals surface area contributed by atoms with Gasteiger partial charge in [0.15, 0.2) is 0 Å². The van der Waals surface area contributed by atoms with Gasteiger partial charge in [0, 0.05) is 13.6 Å². The maximum absolute atomic E-state index is 12.1. The first-order chi connectivity index (χ1) is 9.79. The number of nitrogens with zero attached hydrogens (tertiary/aromatic N) is 1. The Kier molecular flexibility index (Phi) is 6.55. The third kappa shape index (κ3) is 6.08. The van der Waals surface area contributed by atoms with Crippen molar-refractivity contribution in [2.45, 2.75) is 39.5 Å². The molecule has 0 aliphatic carbocycles. The van der Waals surface area contributed by atoms with Crippen LogP contribution < -0.4 is 10.5 Å². The van der Waals surface area contributed by atoms with Gasteiger partial charge >= 0.3 is 6.61 Å². The van der Waals surface area contributed by atoms with Crippen LogP contribution in [0.5, 0.6) is 5.75 Å². The molecule has 21 heavy (non-hydrogen) atoms. The first kappa shape index (κ1) is 17.4. The van der Waals surface area contributed by atoms with Crippen molar-refractivity contribution < 1.29 is 18.3 Å². The quantitative estimate of drug-likeness (QED) is 0.842. The Bertz CT molecular complexity index is 449. The fourth-order valence-corrected chi connectivity index (χ4v) is 2.02. The van der Waals surface area contributed by atoms with Crippen LogP contribution in [-0.2, 0) is 11.3 Å². The van der Waals surface area contributed by atoms with Gasteiger partial charge in [-0.1, -0.05) is 26.0 Å². The first-order valence-corrected chi connectivity index (χ1v) is 6.84. The summed E-state index contributed by atoms with van der Waals surface area (Å²) in [4.78, 5) is 13.6. The van der Waals surface area contributed by atoms with E-state index in [2.05, 4.69) is 4.74 Å². The van der Waals surface area contributed by atoms with E-state index in [9.17, 15) is 13.6 Å². The average Bonchev–Trinajstić information content (AvgIpc) is 2.38. The number of ether oxygens (including phenoxy) is 1. The van der Waals surface area contributed by atoms with Gasteiger partial charge in [-0.05, 0) is 30.0 Å². The van der Waals surface area contributed by atoms with E-state index in [1.807, 2.05) is 13.8 Å². The zero-order valence-electron chi connectivity index (χ0n) is 12.6. The van der Waals surface area contributed by atoms with Crippen LogP contribution in [0.2, 0.25) is 0 Å². The lowest BCUT2D eigenvalue weighted by molar-refractivity contribution is -0.132. The highest BCUT2D eigenvalue weighted by atomic mass is 19.3. The number of carbonyl (C=O) groups excluding carboxylic acids is 1. The number of hydrogen-bond acceptors (Lipinski definition) is 3. The molecule has 1 rings (SSSR count). The zero-order chi connectivity index (χ0) is 16.0. The molecule has 4 nitrogen and oxygen atoms in total. The lowest BCUT2D eigenvalue weighted by Crippen LogP contribution is -2.42. The molecule has 0 heterocycles. The first-order valence-electron chi connectivity index (χ1n) is 6.84. The minimum Gasteiger partial charge on any atom is -0.435 e. The van der Waals surface area contributed by atoms with Crippen molar-refractivity contribution in [3.63, 3.8) is 0 Å². The summed E-state index contributed by atoms with van der Waals surface area (Å²) in [5, 5.41) is 0. The van der Waals surface area contributed by atoms with Gasteiger partial charge in [0.2, 0.25) is 5.91 Å². The Hall–Kier alpha value is -1.69. The smallest absolute Gasteiger partial charge is 0.387 e. The number of benzene rings is 1. The minimum atomic E-state index is -2.84. The summed E-state index contributed by atoms with van der Waals surface area (Å²) in [6.45, 7) is 1.55. The van der Waals surface area contributed by atoms with Gasteiger partial charge < -0.3 is 15.4 Å². The van der Waals surface area contributed by atoms with Crippen molar-refractivity contribution >= 4 is 5.91 Å². The Morgan fingerprint density at radius 3 is 2.33 bits per heavy atom. The molecule has 0 saturated carbocycles. The molecule has 1 aromatic carbocycles. The molecule has 0 aromatic heterocycles. The van der Waals surface area contributed by atoms with Gasteiger partial charge in [-0.25, -0.2) is 0 Å². The van der Waals surface area contributed by atoms with E-state index in [0.717, 1.165) is 5.56 Å². The fraction of sp³-hybridized carbons (Fsp3) is 0.533. The van der Waals surface area contributed by atoms with Gasteiger partial charge in [0.05, 0.1) is 6.04 Å². The number of likely N-dealkylation sites (N-methyl/N-ethyl adjacent to an activating group) is 1. The average molecular weight is 300 g/mol. The number of carbonyl (C=O) groups is 1. The van der Waals surface area contributed by atoms with Crippen LogP contribution in [0, 0.1) is 5.92 Å². The van der Waals surface area contributed by atoms with Crippen molar-refractivity contribution in [1.82, 2.24) is 4.90 Å². The summed E-state index contributed by atoms with van der Waals surface area (Å²) in [5.41, 5.74) is 6.68. The van der Waals surface area contributed by atoms with Gasteiger partial charge in [0.1, 0.15) is 5.75 Å². The second kappa shape index (κ2) is 7.93. The second-order valence-electron chi connectivity index (χ2n) is 5.45. The lowest BCUT2D eigenvalue weighted by atomic mass is 10.0.